The number of carboxylic acid groups (broad SMARTS) is 1. The standard InChI is InChI=1S/C14H12BrFN2O2/c1-7-4-9(6-10(13(7)17)14(19)20)18-12-5-8(15)2-3-11(12)16/h2-6,18H,17H2,1H3,(H,19,20). The minimum absolute atomic E-state index is 0.0112. The van der Waals surface area contributed by atoms with E-state index in [1.807, 2.05) is 0 Å². The lowest BCUT2D eigenvalue weighted by Gasteiger charge is -2.12. The first kappa shape index (κ1) is 14.3. The zero-order chi connectivity index (χ0) is 14.9. The fourth-order valence-electron chi connectivity index (χ4n) is 1.80. The van der Waals surface area contributed by atoms with E-state index in [0.29, 0.717) is 15.7 Å². The maximum atomic E-state index is 13.7. The van der Waals surface area contributed by atoms with E-state index < -0.39 is 11.8 Å². The maximum Gasteiger partial charge on any atom is 0.337 e. The molecule has 0 aliphatic carbocycles. The molecule has 0 saturated heterocycles. The van der Waals surface area contributed by atoms with E-state index >= 15 is 0 Å². The van der Waals surface area contributed by atoms with Crippen molar-refractivity contribution in [3.63, 3.8) is 0 Å². The van der Waals surface area contributed by atoms with E-state index in [1.54, 1.807) is 25.1 Å². The van der Waals surface area contributed by atoms with Gasteiger partial charge in [0.15, 0.2) is 0 Å². The number of nitrogen functional groups attached to an aromatic ring is 1. The van der Waals surface area contributed by atoms with Gasteiger partial charge in [-0.2, -0.15) is 0 Å². The van der Waals surface area contributed by atoms with Crippen LogP contribution in [0.5, 0.6) is 0 Å². The van der Waals surface area contributed by atoms with Crippen LogP contribution in [0.2, 0.25) is 0 Å². The summed E-state index contributed by atoms with van der Waals surface area (Å²) in [5.74, 6) is -1.55. The summed E-state index contributed by atoms with van der Waals surface area (Å²) >= 11 is 3.25. The molecular weight excluding hydrogens is 327 g/mol. The summed E-state index contributed by atoms with van der Waals surface area (Å²) in [5, 5.41) is 11.9. The van der Waals surface area contributed by atoms with Gasteiger partial charge >= 0.3 is 5.97 Å². The van der Waals surface area contributed by atoms with Gasteiger partial charge in [0.05, 0.1) is 11.3 Å². The molecule has 0 aliphatic heterocycles. The number of benzene rings is 2. The minimum Gasteiger partial charge on any atom is -0.478 e. The molecule has 0 amide bonds. The fourth-order valence-corrected chi connectivity index (χ4v) is 2.16. The molecule has 2 rings (SSSR count). The molecule has 6 heteroatoms. The number of rotatable bonds is 3. The predicted molar refractivity (Wildman–Crippen MR) is 79.9 cm³/mol. The van der Waals surface area contributed by atoms with E-state index in [9.17, 15) is 9.18 Å². The van der Waals surface area contributed by atoms with Gasteiger partial charge in [-0.3, -0.25) is 0 Å². The first-order valence-corrected chi connectivity index (χ1v) is 6.53. The third-order valence-corrected chi connectivity index (χ3v) is 3.32. The molecule has 0 saturated carbocycles. The molecule has 0 aromatic heterocycles. The Morgan fingerprint density at radius 2 is 2.05 bits per heavy atom. The monoisotopic (exact) mass is 338 g/mol. The summed E-state index contributed by atoms with van der Waals surface area (Å²) in [6.07, 6.45) is 0. The third-order valence-electron chi connectivity index (χ3n) is 2.82. The van der Waals surface area contributed by atoms with Gasteiger partial charge < -0.3 is 16.2 Å². The lowest BCUT2D eigenvalue weighted by molar-refractivity contribution is 0.0698. The number of aryl methyl sites for hydroxylation is 1. The van der Waals surface area contributed by atoms with Crippen LogP contribution in [0.4, 0.5) is 21.5 Å². The van der Waals surface area contributed by atoms with Gasteiger partial charge in [-0.25, -0.2) is 9.18 Å². The molecule has 0 spiro atoms. The van der Waals surface area contributed by atoms with Crippen molar-refractivity contribution in [3.8, 4) is 0 Å². The highest BCUT2D eigenvalue weighted by atomic mass is 79.9. The largest absolute Gasteiger partial charge is 0.478 e. The van der Waals surface area contributed by atoms with Crippen LogP contribution in [0.1, 0.15) is 15.9 Å². The van der Waals surface area contributed by atoms with E-state index in [1.165, 1.54) is 12.1 Å². The van der Waals surface area contributed by atoms with Crippen LogP contribution >= 0.6 is 15.9 Å². The second-order valence-corrected chi connectivity index (χ2v) is 5.22. The Bertz CT molecular complexity index is 689. The van der Waals surface area contributed by atoms with Crippen LogP contribution in [-0.2, 0) is 0 Å². The van der Waals surface area contributed by atoms with Crippen molar-refractivity contribution >= 4 is 39.0 Å². The van der Waals surface area contributed by atoms with Crippen molar-refractivity contribution in [2.24, 2.45) is 0 Å². The van der Waals surface area contributed by atoms with Gasteiger partial charge in [-0.15, -0.1) is 0 Å². The van der Waals surface area contributed by atoms with E-state index in [2.05, 4.69) is 21.2 Å². The molecule has 0 aliphatic rings. The van der Waals surface area contributed by atoms with Gasteiger partial charge in [0.25, 0.3) is 0 Å². The number of hydrogen-bond donors (Lipinski definition) is 3. The quantitative estimate of drug-likeness (QED) is 0.741. The molecule has 2 aromatic rings. The number of anilines is 3. The summed E-state index contributed by atoms with van der Waals surface area (Å²) in [6, 6.07) is 7.51. The molecule has 0 fully saturated rings. The second kappa shape index (κ2) is 5.50. The normalized spacial score (nSPS) is 10.3. The molecule has 0 bridgehead atoms. The van der Waals surface area contributed by atoms with Crippen LogP contribution in [0.3, 0.4) is 0 Å². The summed E-state index contributed by atoms with van der Waals surface area (Å²) in [6.45, 7) is 1.70. The number of carboxylic acids is 1. The van der Waals surface area contributed by atoms with Crippen molar-refractivity contribution in [1.82, 2.24) is 0 Å². The molecule has 2 aromatic carbocycles. The first-order chi connectivity index (χ1) is 9.38. The lowest BCUT2D eigenvalue weighted by Crippen LogP contribution is -2.06. The molecule has 4 N–H and O–H groups in total. The van der Waals surface area contributed by atoms with Gasteiger partial charge in [0.2, 0.25) is 0 Å². The fraction of sp³-hybridized carbons (Fsp3) is 0.0714. The molecule has 0 atom stereocenters. The van der Waals surface area contributed by atoms with Gasteiger partial charge in [-0.05, 0) is 42.8 Å². The number of nitrogens with two attached hydrogens (primary N) is 1. The Balaban J connectivity index is 2.44. The van der Waals surface area contributed by atoms with Crippen LogP contribution in [0.15, 0.2) is 34.8 Å². The third kappa shape index (κ3) is 2.91. The summed E-state index contributed by atoms with van der Waals surface area (Å²) in [7, 11) is 0. The second-order valence-electron chi connectivity index (χ2n) is 4.31. The maximum absolute atomic E-state index is 13.7. The van der Waals surface area contributed by atoms with E-state index in [0.717, 1.165) is 0 Å². The van der Waals surface area contributed by atoms with Gasteiger partial charge in [0.1, 0.15) is 5.82 Å². The van der Waals surface area contributed by atoms with Gasteiger partial charge in [0, 0.05) is 15.8 Å². The molecule has 0 radical (unpaired) electrons. The Morgan fingerprint density at radius 3 is 2.70 bits per heavy atom. The predicted octanol–water partition coefficient (Wildman–Crippen LogP) is 3.92. The Hall–Kier alpha value is -2.08. The van der Waals surface area contributed by atoms with Crippen molar-refractivity contribution < 1.29 is 14.3 Å². The van der Waals surface area contributed by atoms with E-state index in [4.69, 9.17) is 10.8 Å². The molecular formula is C14H12BrFN2O2. The Labute approximate surface area is 123 Å². The van der Waals surface area contributed by atoms with Crippen molar-refractivity contribution in [2.75, 3.05) is 11.1 Å². The van der Waals surface area contributed by atoms with Crippen LogP contribution in [0, 0.1) is 12.7 Å². The van der Waals surface area contributed by atoms with Gasteiger partial charge in [-0.1, -0.05) is 15.9 Å². The number of halogens is 2. The van der Waals surface area contributed by atoms with E-state index in [-0.39, 0.29) is 16.9 Å². The molecule has 20 heavy (non-hydrogen) atoms. The Kier molecular flexibility index (Phi) is 3.94. The summed E-state index contributed by atoms with van der Waals surface area (Å²) < 4.78 is 14.4. The molecule has 0 heterocycles. The lowest BCUT2D eigenvalue weighted by atomic mass is 10.1. The highest BCUT2D eigenvalue weighted by molar-refractivity contribution is 9.10. The van der Waals surface area contributed by atoms with Crippen LogP contribution in [0.25, 0.3) is 0 Å². The first-order valence-electron chi connectivity index (χ1n) is 5.74. The average molecular weight is 339 g/mol. The SMILES string of the molecule is Cc1cc(Nc2cc(Br)ccc2F)cc(C(=O)O)c1N. The highest BCUT2D eigenvalue weighted by Crippen LogP contribution is 2.28. The highest BCUT2D eigenvalue weighted by Gasteiger charge is 2.12. The van der Waals surface area contributed by atoms with Crippen LogP contribution in [-0.4, -0.2) is 11.1 Å². The van der Waals surface area contributed by atoms with Crippen LogP contribution < -0.4 is 11.1 Å². The number of carbonyl (C=O) groups is 1. The van der Waals surface area contributed by atoms with Crippen molar-refractivity contribution in [1.29, 1.82) is 0 Å². The zero-order valence-electron chi connectivity index (χ0n) is 10.6. The van der Waals surface area contributed by atoms with Crippen molar-refractivity contribution in [3.05, 3.63) is 51.7 Å². The topological polar surface area (TPSA) is 75.3 Å². The molecule has 4 nitrogen and oxygen atoms in total. The Morgan fingerprint density at radius 1 is 1.35 bits per heavy atom. The average Bonchev–Trinajstić information content (AvgIpc) is 2.37. The van der Waals surface area contributed by atoms with Crippen molar-refractivity contribution in [2.45, 2.75) is 6.92 Å². The zero-order valence-corrected chi connectivity index (χ0v) is 12.2. The molecule has 0 unspecified atom stereocenters. The number of nitrogens with one attached hydrogen (secondary N) is 1. The smallest absolute Gasteiger partial charge is 0.337 e. The number of aromatic carboxylic acids is 1. The summed E-state index contributed by atoms with van der Waals surface area (Å²) in [5.41, 5.74) is 7.23. The minimum atomic E-state index is -1.12. The molecule has 104 valence electrons. The summed E-state index contributed by atoms with van der Waals surface area (Å²) in [4.78, 5) is 11.1. The number of hydrogen-bond acceptors (Lipinski definition) is 3.